The van der Waals surface area contributed by atoms with Crippen molar-refractivity contribution >= 4 is 45.8 Å². The Bertz CT molecular complexity index is 959. The van der Waals surface area contributed by atoms with Gasteiger partial charge in [-0.1, -0.05) is 6.92 Å². The predicted octanol–water partition coefficient (Wildman–Crippen LogP) is 4.06. The van der Waals surface area contributed by atoms with E-state index in [-0.39, 0.29) is 18.2 Å². The highest BCUT2D eigenvalue weighted by atomic mass is 32.1. The summed E-state index contributed by atoms with van der Waals surface area (Å²) in [7, 11) is 0. The van der Waals surface area contributed by atoms with E-state index in [9.17, 15) is 9.59 Å². The molecule has 2 N–H and O–H groups in total. The Balaban J connectivity index is 1.31. The number of rotatable bonds is 4. The second-order valence-corrected chi connectivity index (χ2v) is 9.52. The Morgan fingerprint density at radius 2 is 2.19 bits per heavy atom. The molecule has 3 aromatic rings. The van der Waals surface area contributed by atoms with E-state index in [2.05, 4.69) is 22.8 Å². The van der Waals surface area contributed by atoms with Crippen molar-refractivity contribution in [3.8, 4) is 10.6 Å². The largest absolute Gasteiger partial charge is 0.279 e. The average Bonchev–Trinajstić information content (AvgIpc) is 3.38. The molecule has 0 fully saturated rings. The molecule has 3 heterocycles. The quantitative estimate of drug-likeness (QED) is 0.629. The van der Waals surface area contributed by atoms with Gasteiger partial charge in [0.2, 0.25) is 5.91 Å². The van der Waals surface area contributed by atoms with E-state index in [4.69, 9.17) is 0 Å². The minimum atomic E-state index is -0.277. The van der Waals surface area contributed by atoms with Crippen LogP contribution in [0.1, 0.15) is 39.2 Å². The van der Waals surface area contributed by atoms with Gasteiger partial charge in [0.05, 0.1) is 17.0 Å². The lowest BCUT2D eigenvalue weighted by atomic mass is 9.90. The van der Waals surface area contributed by atoms with Gasteiger partial charge in [-0.15, -0.1) is 22.7 Å². The second kappa shape index (κ2) is 7.92. The number of aryl methyl sites for hydroxylation is 1. The number of amides is 2. The third-order valence-corrected chi connectivity index (χ3v) is 7.39. The van der Waals surface area contributed by atoms with Crippen LogP contribution in [0.25, 0.3) is 10.6 Å². The fraction of sp³-hybridized carbons (Fsp3) is 0.316. The summed E-state index contributed by atoms with van der Waals surface area (Å²) in [5.41, 5.74) is 8.07. The summed E-state index contributed by atoms with van der Waals surface area (Å²) in [6, 6.07) is 3.97. The van der Waals surface area contributed by atoms with Crippen LogP contribution in [0.15, 0.2) is 28.3 Å². The minimum absolute atomic E-state index is 0.138. The van der Waals surface area contributed by atoms with Crippen LogP contribution in [-0.4, -0.2) is 16.8 Å². The fourth-order valence-corrected chi connectivity index (χ4v) is 5.76. The molecular weight excluding hydrogens is 398 g/mol. The number of hydrogen-bond acceptors (Lipinski definition) is 6. The van der Waals surface area contributed by atoms with Gasteiger partial charge in [-0.25, -0.2) is 4.98 Å². The zero-order chi connectivity index (χ0) is 18.8. The summed E-state index contributed by atoms with van der Waals surface area (Å²) >= 11 is 4.66. The number of nitrogens with one attached hydrogen (secondary N) is 2. The van der Waals surface area contributed by atoms with E-state index < -0.39 is 0 Å². The molecule has 1 atom stereocenters. The summed E-state index contributed by atoms with van der Waals surface area (Å²) in [5, 5.41) is 6.82. The lowest BCUT2D eigenvalue weighted by molar-refractivity contribution is -0.121. The number of carbonyl (C=O) groups excluding carboxylic acids is 2. The maximum Gasteiger partial charge on any atom is 0.279 e. The molecule has 0 radical (unpaired) electrons. The van der Waals surface area contributed by atoms with E-state index in [1.165, 1.54) is 39.5 Å². The third kappa shape index (κ3) is 4.28. The van der Waals surface area contributed by atoms with Gasteiger partial charge in [0.1, 0.15) is 5.01 Å². The first kappa shape index (κ1) is 18.3. The van der Waals surface area contributed by atoms with Gasteiger partial charge in [-0.05, 0) is 48.3 Å². The molecule has 0 spiro atoms. The first-order chi connectivity index (χ1) is 13.1. The molecule has 8 heteroatoms. The molecule has 3 aromatic heterocycles. The SMILES string of the molecule is CC1CCc2sc(C(=O)NNC(=O)Cc3csc(-c4ccsc4)n3)cc2C1. The first-order valence-electron chi connectivity index (χ1n) is 8.76. The second-order valence-electron chi connectivity index (χ2n) is 6.74. The van der Waals surface area contributed by atoms with Crippen LogP contribution in [0.5, 0.6) is 0 Å². The van der Waals surface area contributed by atoms with Gasteiger partial charge in [-0.3, -0.25) is 20.4 Å². The van der Waals surface area contributed by atoms with Crippen LogP contribution in [0.2, 0.25) is 0 Å². The van der Waals surface area contributed by atoms with Gasteiger partial charge in [0, 0.05) is 21.2 Å². The van der Waals surface area contributed by atoms with E-state index in [0.717, 1.165) is 23.4 Å². The summed E-state index contributed by atoms with van der Waals surface area (Å²) in [4.78, 5) is 30.9. The molecule has 0 aliphatic heterocycles. The Labute approximate surface area is 169 Å². The van der Waals surface area contributed by atoms with Crippen LogP contribution in [0.3, 0.4) is 0 Å². The third-order valence-electron chi connectivity index (χ3n) is 4.53. The highest BCUT2D eigenvalue weighted by molar-refractivity contribution is 7.14. The van der Waals surface area contributed by atoms with Crippen molar-refractivity contribution < 1.29 is 9.59 Å². The minimum Gasteiger partial charge on any atom is -0.273 e. The molecule has 0 saturated heterocycles. The Morgan fingerprint density at radius 3 is 3.00 bits per heavy atom. The highest BCUT2D eigenvalue weighted by Gasteiger charge is 2.21. The maximum atomic E-state index is 12.3. The van der Waals surface area contributed by atoms with Gasteiger partial charge >= 0.3 is 0 Å². The number of nitrogens with zero attached hydrogens (tertiary/aromatic N) is 1. The lowest BCUT2D eigenvalue weighted by Crippen LogP contribution is -2.42. The number of hydrogen-bond donors (Lipinski definition) is 2. The molecule has 0 bridgehead atoms. The standard InChI is InChI=1S/C19H19N3O2S3/c1-11-2-3-15-13(6-11)7-16(27-15)18(24)22-21-17(23)8-14-10-26-19(20-14)12-4-5-25-9-12/h4-5,7,9-11H,2-3,6,8H2,1H3,(H,21,23)(H,22,24). The zero-order valence-electron chi connectivity index (χ0n) is 14.8. The predicted molar refractivity (Wildman–Crippen MR) is 110 cm³/mol. The van der Waals surface area contributed by atoms with Crippen molar-refractivity contribution in [1.29, 1.82) is 0 Å². The van der Waals surface area contributed by atoms with Crippen molar-refractivity contribution in [2.75, 3.05) is 0 Å². The van der Waals surface area contributed by atoms with Crippen LogP contribution < -0.4 is 10.9 Å². The van der Waals surface area contributed by atoms with E-state index in [0.29, 0.717) is 16.5 Å². The summed E-state index contributed by atoms with van der Waals surface area (Å²) in [5.74, 6) is 0.132. The first-order valence-corrected chi connectivity index (χ1v) is 11.4. The maximum absolute atomic E-state index is 12.3. The molecular formula is C19H19N3O2S3. The van der Waals surface area contributed by atoms with Crippen molar-refractivity contribution in [3.63, 3.8) is 0 Å². The van der Waals surface area contributed by atoms with Gasteiger partial charge < -0.3 is 0 Å². The summed E-state index contributed by atoms with van der Waals surface area (Å²) < 4.78 is 0. The van der Waals surface area contributed by atoms with Crippen molar-refractivity contribution in [3.05, 3.63) is 49.3 Å². The van der Waals surface area contributed by atoms with Gasteiger partial charge in [0.25, 0.3) is 5.91 Å². The smallest absolute Gasteiger partial charge is 0.273 e. The summed E-state index contributed by atoms with van der Waals surface area (Å²) in [6.45, 7) is 2.24. The van der Waals surface area contributed by atoms with Crippen molar-refractivity contribution in [2.45, 2.75) is 32.6 Å². The van der Waals surface area contributed by atoms with Crippen LogP contribution in [0.4, 0.5) is 0 Å². The Kier molecular flexibility index (Phi) is 5.38. The van der Waals surface area contributed by atoms with Crippen LogP contribution in [0, 0.1) is 5.92 Å². The normalized spacial score (nSPS) is 16.0. The molecule has 1 aliphatic carbocycles. The highest BCUT2D eigenvalue weighted by Crippen LogP contribution is 2.32. The number of hydrazine groups is 1. The molecule has 0 saturated carbocycles. The van der Waals surface area contributed by atoms with Gasteiger partial charge in [0.15, 0.2) is 0 Å². The topological polar surface area (TPSA) is 71.1 Å². The summed E-state index contributed by atoms with van der Waals surface area (Å²) in [6.07, 6.45) is 3.38. The average molecular weight is 418 g/mol. The number of thiazole rings is 1. The fourth-order valence-electron chi connectivity index (χ4n) is 3.12. The molecule has 140 valence electrons. The Hall–Kier alpha value is -2.03. The van der Waals surface area contributed by atoms with Crippen LogP contribution >= 0.6 is 34.0 Å². The van der Waals surface area contributed by atoms with E-state index in [1.807, 2.05) is 28.3 Å². The molecule has 1 unspecified atom stereocenters. The lowest BCUT2D eigenvalue weighted by Gasteiger charge is -2.16. The molecule has 2 amide bonds. The van der Waals surface area contributed by atoms with Crippen LogP contribution in [-0.2, 0) is 24.1 Å². The number of thiophene rings is 2. The number of carbonyl (C=O) groups is 2. The molecule has 4 rings (SSSR count). The zero-order valence-corrected chi connectivity index (χ0v) is 17.2. The monoisotopic (exact) mass is 417 g/mol. The molecule has 1 aliphatic rings. The van der Waals surface area contributed by atoms with E-state index >= 15 is 0 Å². The Morgan fingerprint density at radius 1 is 1.30 bits per heavy atom. The van der Waals surface area contributed by atoms with Crippen molar-refractivity contribution in [2.24, 2.45) is 5.92 Å². The number of aromatic nitrogens is 1. The number of fused-ring (bicyclic) bond motifs is 1. The van der Waals surface area contributed by atoms with Gasteiger partial charge in [-0.2, -0.15) is 11.3 Å². The van der Waals surface area contributed by atoms with E-state index in [1.54, 1.807) is 11.3 Å². The molecule has 27 heavy (non-hydrogen) atoms. The molecule has 5 nitrogen and oxygen atoms in total. The molecule has 0 aromatic carbocycles. The van der Waals surface area contributed by atoms with Crippen molar-refractivity contribution in [1.82, 2.24) is 15.8 Å².